The second-order valence-corrected chi connectivity index (χ2v) is 11.3. The van der Waals surface area contributed by atoms with Crippen molar-refractivity contribution in [1.82, 2.24) is 24.3 Å². The second-order valence-electron chi connectivity index (χ2n) is 11.3. The van der Waals surface area contributed by atoms with Crippen molar-refractivity contribution in [1.29, 1.82) is 0 Å². The van der Waals surface area contributed by atoms with Crippen LogP contribution in [-0.2, 0) is 35.5 Å². The number of unbranched alkanes of at least 4 members (excludes halogenated alkanes) is 1. The van der Waals surface area contributed by atoms with E-state index in [-0.39, 0.29) is 6.42 Å². The number of nitrogen functional groups attached to an aromatic ring is 1. The molecular weight excluding hydrogens is 528 g/mol. The monoisotopic (exact) mass is 572 g/mol. The van der Waals surface area contributed by atoms with E-state index in [1.165, 1.54) is 0 Å². The maximum atomic E-state index is 11.3. The van der Waals surface area contributed by atoms with Gasteiger partial charge in [-0.15, -0.1) is 0 Å². The maximum absolute atomic E-state index is 11.3. The Hall–Kier alpha value is -3.53. The molecule has 0 unspecified atom stereocenters. The first-order valence-corrected chi connectivity index (χ1v) is 15.4. The number of carboxylic acids is 1. The number of aliphatic carboxylic acids is 1. The number of nitrogens with two attached hydrogens (primary N) is 1. The van der Waals surface area contributed by atoms with Gasteiger partial charge >= 0.3 is 5.97 Å². The highest BCUT2D eigenvalue weighted by Crippen LogP contribution is 2.29. The number of imidazole rings is 1. The summed E-state index contributed by atoms with van der Waals surface area (Å²) >= 11 is 0. The van der Waals surface area contributed by atoms with Crippen molar-refractivity contribution in [3.63, 3.8) is 0 Å². The molecule has 2 aromatic carbocycles. The van der Waals surface area contributed by atoms with Crippen LogP contribution in [0.3, 0.4) is 0 Å². The van der Waals surface area contributed by atoms with Crippen molar-refractivity contribution in [3.05, 3.63) is 65.5 Å². The standard InChI is InChI=1S/C33H44N6O3/c1-2-3-13-29-36-31-32(27-11-4-5-12-28(27)35-33(31)34)39(29)17-8-16-38(15-7-14-37-18-20-42-21-19-37)24-26-10-6-9-25(22-26)23-30(40)41/h4-6,9-12,22H,2-3,7-8,13-21,23-24H2,1H3,(H2,34,35)(H,40,41). The van der Waals surface area contributed by atoms with E-state index in [1.807, 2.05) is 30.3 Å². The predicted molar refractivity (Wildman–Crippen MR) is 168 cm³/mol. The third kappa shape index (κ3) is 7.65. The van der Waals surface area contributed by atoms with Gasteiger partial charge in [0.05, 0.1) is 30.7 Å². The molecule has 1 aliphatic rings. The Morgan fingerprint density at radius 1 is 1.00 bits per heavy atom. The number of hydrogen-bond donors (Lipinski definition) is 2. The number of pyridine rings is 1. The van der Waals surface area contributed by atoms with Crippen molar-refractivity contribution in [2.24, 2.45) is 0 Å². The van der Waals surface area contributed by atoms with E-state index in [4.69, 9.17) is 15.5 Å². The Labute approximate surface area is 248 Å². The van der Waals surface area contributed by atoms with Crippen LogP contribution in [0.15, 0.2) is 48.5 Å². The number of para-hydroxylation sites is 1. The number of hydrogen-bond acceptors (Lipinski definition) is 7. The van der Waals surface area contributed by atoms with Gasteiger partial charge < -0.3 is 20.1 Å². The lowest BCUT2D eigenvalue weighted by atomic mass is 10.1. The molecule has 1 saturated heterocycles. The zero-order valence-electron chi connectivity index (χ0n) is 24.8. The van der Waals surface area contributed by atoms with Crippen molar-refractivity contribution in [2.75, 3.05) is 51.7 Å². The van der Waals surface area contributed by atoms with E-state index in [9.17, 15) is 9.90 Å². The third-order valence-corrected chi connectivity index (χ3v) is 8.10. The lowest BCUT2D eigenvalue weighted by Gasteiger charge is -2.28. The third-order valence-electron chi connectivity index (χ3n) is 8.10. The van der Waals surface area contributed by atoms with Crippen LogP contribution >= 0.6 is 0 Å². The predicted octanol–water partition coefficient (Wildman–Crippen LogP) is 4.75. The highest BCUT2D eigenvalue weighted by Gasteiger charge is 2.18. The van der Waals surface area contributed by atoms with Crippen LogP contribution in [0.25, 0.3) is 21.9 Å². The molecule has 5 rings (SSSR count). The maximum Gasteiger partial charge on any atom is 0.307 e. The number of carboxylic acid groups (broad SMARTS) is 1. The van der Waals surface area contributed by atoms with Crippen LogP contribution in [0, 0.1) is 0 Å². The molecule has 9 heteroatoms. The molecule has 9 nitrogen and oxygen atoms in total. The highest BCUT2D eigenvalue weighted by molar-refractivity contribution is 6.06. The molecule has 4 aromatic rings. The summed E-state index contributed by atoms with van der Waals surface area (Å²) in [6, 6.07) is 16.2. The minimum Gasteiger partial charge on any atom is -0.481 e. The Balaban J connectivity index is 1.34. The van der Waals surface area contributed by atoms with Gasteiger partial charge in [0.15, 0.2) is 5.82 Å². The molecule has 3 N–H and O–H groups in total. The second kappa shape index (κ2) is 14.6. The molecular formula is C33H44N6O3. The zero-order chi connectivity index (χ0) is 29.3. The largest absolute Gasteiger partial charge is 0.481 e. The number of anilines is 1. The normalized spacial score (nSPS) is 14.3. The summed E-state index contributed by atoms with van der Waals surface area (Å²) in [5.41, 5.74) is 11.2. The molecule has 42 heavy (non-hydrogen) atoms. The number of benzene rings is 2. The first-order valence-electron chi connectivity index (χ1n) is 15.4. The molecule has 2 aromatic heterocycles. The minimum absolute atomic E-state index is 0.0467. The molecule has 1 aliphatic heterocycles. The number of rotatable bonds is 15. The average Bonchev–Trinajstić information content (AvgIpc) is 3.35. The Bertz CT molecular complexity index is 1480. The van der Waals surface area contributed by atoms with Crippen LogP contribution in [-0.4, -0.2) is 81.3 Å². The number of ether oxygens (including phenoxy) is 1. The number of fused-ring (bicyclic) bond motifs is 3. The topological polar surface area (TPSA) is 110 Å². The van der Waals surface area contributed by atoms with Gasteiger partial charge in [-0.2, -0.15) is 0 Å². The van der Waals surface area contributed by atoms with Crippen LogP contribution in [0.2, 0.25) is 0 Å². The van der Waals surface area contributed by atoms with Gasteiger partial charge in [0.1, 0.15) is 11.3 Å². The fourth-order valence-electron chi connectivity index (χ4n) is 6.01. The highest BCUT2D eigenvalue weighted by atomic mass is 16.5. The summed E-state index contributed by atoms with van der Waals surface area (Å²) in [7, 11) is 0. The van der Waals surface area contributed by atoms with Gasteiger partial charge in [-0.25, -0.2) is 9.97 Å². The summed E-state index contributed by atoms with van der Waals surface area (Å²) in [6.07, 6.45) is 5.19. The quantitative estimate of drug-likeness (QED) is 0.210. The summed E-state index contributed by atoms with van der Waals surface area (Å²) in [5.74, 6) is 0.771. The fourth-order valence-corrected chi connectivity index (χ4v) is 6.01. The van der Waals surface area contributed by atoms with Gasteiger partial charge in [-0.3, -0.25) is 14.6 Å². The van der Waals surface area contributed by atoms with E-state index in [2.05, 4.69) is 44.5 Å². The van der Waals surface area contributed by atoms with Crippen molar-refractivity contribution < 1.29 is 14.6 Å². The molecule has 0 amide bonds. The Morgan fingerprint density at radius 3 is 2.55 bits per heavy atom. The van der Waals surface area contributed by atoms with Crippen LogP contribution < -0.4 is 5.73 Å². The first-order chi connectivity index (χ1) is 20.5. The fraction of sp³-hybridized carbons (Fsp3) is 0.485. The summed E-state index contributed by atoms with van der Waals surface area (Å²) in [6.45, 7) is 10.4. The molecule has 0 aliphatic carbocycles. The van der Waals surface area contributed by atoms with E-state index in [0.717, 1.165) is 130 Å². The Kier molecular flexibility index (Phi) is 10.4. The molecule has 0 radical (unpaired) electrons. The van der Waals surface area contributed by atoms with E-state index < -0.39 is 5.97 Å². The summed E-state index contributed by atoms with van der Waals surface area (Å²) in [4.78, 5) is 25.9. The molecule has 0 atom stereocenters. The molecule has 224 valence electrons. The van der Waals surface area contributed by atoms with Crippen molar-refractivity contribution in [2.45, 2.75) is 58.5 Å². The summed E-state index contributed by atoms with van der Waals surface area (Å²) < 4.78 is 7.90. The molecule has 0 bridgehead atoms. The van der Waals surface area contributed by atoms with Gasteiger partial charge in [0.25, 0.3) is 0 Å². The van der Waals surface area contributed by atoms with Gasteiger partial charge in [0.2, 0.25) is 0 Å². The lowest BCUT2D eigenvalue weighted by Crippen LogP contribution is -2.38. The minimum atomic E-state index is -0.802. The van der Waals surface area contributed by atoms with E-state index in [1.54, 1.807) is 0 Å². The Morgan fingerprint density at radius 2 is 1.76 bits per heavy atom. The van der Waals surface area contributed by atoms with Crippen LogP contribution in [0.1, 0.15) is 49.6 Å². The lowest BCUT2D eigenvalue weighted by molar-refractivity contribution is -0.136. The van der Waals surface area contributed by atoms with Gasteiger partial charge in [0, 0.05) is 44.5 Å². The van der Waals surface area contributed by atoms with E-state index in [0.29, 0.717) is 5.82 Å². The number of morpholine rings is 1. The van der Waals surface area contributed by atoms with Crippen molar-refractivity contribution >= 4 is 33.7 Å². The smallest absolute Gasteiger partial charge is 0.307 e. The van der Waals surface area contributed by atoms with Crippen molar-refractivity contribution in [3.8, 4) is 0 Å². The zero-order valence-corrected chi connectivity index (χ0v) is 24.8. The molecule has 3 heterocycles. The van der Waals surface area contributed by atoms with E-state index >= 15 is 0 Å². The average molecular weight is 573 g/mol. The van der Waals surface area contributed by atoms with Gasteiger partial charge in [-0.1, -0.05) is 55.8 Å². The number of carbonyl (C=O) groups is 1. The summed E-state index contributed by atoms with van der Waals surface area (Å²) in [5, 5.41) is 10.4. The van der Waals surface area contributed by atoms with Crippen LogP contribution in [0.4, 0.5) is 5.82 Å². The van der Waals surface area contributed by atoms with Crippen LogP contribution in [0.5, 0.6) is 0 Å². The number of aromatic nitrogens is 3. The molecule has 0 spiro atoms. The van der Waals surface area contributed by atoms with Gasteiger partial charge in [-0.05, 0) is 49.5 Å². The first kappa shape index (κ1) is 29.9. The molecule has 0 saturated carbocycles. The molecule has 1 fully saturated rings. The SMILES string of the molecule is CCCCc1nc2c(N)nc3ccccc3c2n1CCCN(CCCN1CCOCC1)Cc1cccc(CC(=O)O)c1. The number of nitrogens with zero attached hydrogens (tertiary/aromatic N) is 5. The number of aryl methyl sites for hydroxylation is 2.